The molecule has 8 N–H and O–H groups in total. The van der Waals surface area contributed by atoms with Crippen molar-refractivity contribution < 1.29 is 73.4 Å². The zero-order chi connectivity index (χ0) is 51.1. The van der Waals surface area contributed by atoms with E-state index >= 15 is 0 Å². The van der Waals surface area contributed by atoms with Crippen LogP contribution >= 0.6 is 0 Å². The average molecular weight is 970 g/mol. The third kappa shape index (κ3) is 23.4. The molecule has 0 radical (unpaired) electrons. The van der Waals surface area contributed by atoms with Crippen LogP contribution in [0.25, 0.3) is 0 Å². The number of rotatable bonds is 25. The smallest absolute Gasteiger partial charge is 0.407 e. The SMILES string of the molecule is CC(C)(C)OC(=O)NCCCCC(NC(=O)CCC(=O)C(Cc1ccccc1)NC(=O)c1ccc(CC2CN(CC(=O)O)CCN(CC(=O)O)CCN(CC(=O)O)CCN2CC(=O)O)cc1)C(=O)O. The van der Waals surface area contributed by atoms with Gasteiger partial charge in [-0.2, -0.15) is 0 Å². The summed E-state index contributed by atoms with van der Waals surface area (Å²) in [6.07, 6.45) is -0.137. The van der Waals surface area contributed by atoms with Crippen molar-refractivity contribution >= 4 is 53.5 Å². The van der Waals surface area contributed by atoms with Gasteiger partial charge in [-0.05, 0) is 76.1 Å². The maximum absolute atomic E-state index is 13.7. The first-order valence-corrected chi connectivity index (χ1v) is 22.8. The lowest BCUT2D eigenvalue weighted by Crippen LogP contribution is -2.53. The number of benzene rings is 2. The van der Waals surface area contributed by atoms with Crippen LogP contribution in [0, 0.1) is 0 Å². The van der Waals surface area contributed by atoms with Crippen LogP contribution in [0.3, 0.4) is 0 Å². The minimum absolute atomic E-state index is 0.0506. The molecule has 1 heterocycles. The maximum atomic E-state index is 13.7. The molecule has 3 unspecified atom stereocenters. The minimum atomic E-state index is -1.26. The molecular formula is C47H67N7O15. The molecule has 0 saturated carbocycles. The summed E-state index contributed by atoms with van der Waals surface area (Å²) in [6.45, 7) is 4.66. The van der Waals surface area contributed by atoms with Crippen LogP contribution in [0.15, 0.2) is 54.6 Å². The van der Waals surface area contributed by atoms with E-state index in [1.807, 2.05) is 0 Å². The van der Waals surface area contributed by atoms with Crippen LogP contribution in [0.4, 0.5) is 4.79 Å². The summed E-state index contributed by atoms with van der Waals surface area (Å²) in [5.74, 6) is -7.55. The molecule has 1 saturated heterocycles. The highest BCUT2D eigenvalue weighted by molar-refractivity contribution is 5.98. The Kier molecular flexibility index (Phi) is 23.7. The van der Waals surface area contributed by atoms with Gasteiger partial charge >= 0.3 is 35.9 Å². The number of nitrogens with one attached hydrogen (secondary N) is 3. The number of nitrogens with zero attached hydrogens (tertiary/aromatic N) is 4. The van der Waals surface area contributed by atoms with Crippen LogP contribution in [0.5, 0.6) is 0 Å². The fraction of sp³-hybridized carbons (Fsp3) is 0.553. The van der Waals surface area contributed by atoms with Crippen molar-refractivity contribution in [2.45, 2.75) is 89.4 Å². The Bertz CT molecular complexity index is 2050. The first-order chi connectivity index (χ1) is 32.6. The molecule has 3 rings (SSSR count). The first-order valence-electron chi connectivity index (χ1n) is 22.8. The fourth-order valence-corrected chi connectivity index (χ4v) is 7.67. The number of ketones is 1. The van der Waals surface area contributed by atoms with Crippen molar-refractivity contribution in [1.29, 1.82) is 0 Å². The molecule has 0 aliphatic carbocycles. The lowest BCUT2D eigenvalue weighted by Gasteiger charge is -2.37. The van der Waals surface area contributed by atoms with Gasteiger partial charge in [0.05, 0.1) is 32.2 Å². The molecule has 3 atom stereocenters. The van der Waals surface area contributed by atoms with E-state index in [4.69, 9.17) is 4.74 Å². The number of carboxylic acids is 5. The van der Waals surface area contributed by atoms with Crippen molar-refractivity contribution in [1.82, 2.24) is 35.6 Å². The van der Waals surface area contributed by atoms with E-state index in [2.05, 4.69) is 16.0 Å². The number of Topliss-reactive ketones (excluding diaryl/α,β-unsaturated/α-hetero) is 1. The molecule has 22 nitrogen and oxygen atoms in total. The monoisotopic (exact) mass is 969 g/mol. The number of carboxylic acid groups (broad SMARTS) is 5. The minimum Gasteiger partial charge on any atom is -0.480 e. The number of alkyl carbamates (subject to hydrolysis) is 1. The third-order valence-corrected chi connectivity index (χ3v) is 11.1. The Morgan fingerprint density at radius 3 is 1.74 bits per heavy atom. The average Bonchev–Trinajstić information content (AvgIpc) is 3.25. The molecule has 1 fully saturated rings. The van der Waals surface area contributed by atoms with Crippen LogP contribution in [-0.2, 0) is 51.1 Å². The largest absolute Gasteiger partial charge is 0.480 e. The van der Waals surface area contributed by atoms with E-state index in [0.717, 1.165) is 5.56 Å². The highest BCUT2D eigenvalue weighted by Gasteiger charge is 2.29. The summed E-state index contributed by atoms with van der Waals surface area (Å²) in [7, 11) is 0. The number of carbonyl (C=O) groups is 9. The second kappa shape index (κ2) is 28.7. The number of unbranched alkanes of at least 4 members (excludes halogenated alkanes) is 1. The van der Waals surface area contributed by atoms with Crippen LogP contribution < -0.4 is 16.0 Å². The Balaban J connectivity index is 1.75. The van der Waals surface area contributed by atoms with Crippen LogP contribution in [0.2, 0.25) is 0 Å². The van der Waals surface area contributed by atoms with Gasteiger partial charge in [0.25, 0.3) is 5.91 Å². The summed E-state index contributed by atoms with van der Waals surface area (Å²) < 4.78 is 5.18. The van der Waals surface area contributed by atoms with Crippen molar-refractivity contribution in [3.05, 3.63) is 71.3 Å². The van der Waals surface area contributed by atoms with E-state index < -0.39 is 90.4 Å². The van der Waals surface area contributed by atoms with Gasteiger partial charge in [0.1, 0.15) is 11.6 Å². The molecule has 0 spiro atoms. The number of hydrogen-bond donors (Lipinski definition) is 8. The highest BCUT2D eigenvalue weighted by atomic mass is 16.6. The van der Waals surface area contributed by atoms with E-state index in [-0.39, 0.29) is 103 Å². The zero-order valence-electron chi connectivity index (χ0n) is 39.5. The van der Waals surface area contributed by atoms with Gasteiger partial charge in [0.2, 0.25) is 5.91 Å². The normalized spacial score (nSPS) is 16.7. The summed E-state index contributed by atoms with van der Waals surface area (Å²) in [5, 5.41) is 56.4. The van der Waals surface area contributed by atoms with Gasteiger partial charge in [-0.1, -0.05) is 42.5 Å². The molecular weight excluding hydrogens is 903 g/mol. The van der Waals surface area contributed by atoms with E-state index in [1.165, 1.54) is 12.1 Å². The predicted octanol–water partition coefficient (Wildman–Crippen LogP) is 1.11. The molecule has 69 heavy (non-hydrogen) atoms. The van der Waals surface area contributed by atoms with Crippen LogP contribution in [-0.4, -0.2) is 201 Å². The van der Waals surface area contributed by atoms with Gasteiger partial charge in [0.15, 0.2) is 5.78 Å². The highest BCUT2D eigenvalue weighted by Crippen LogP contribution is 2.16. The van der Waals surface area contributed by atoms with Gasteiger partial charge in [-0.15, -0.1) is 0 Å². The molecule has 2 aromatic carbocycles. The van der Waals surface area contributed by atoms with Crippen molar-refractivity contribution in [2.24, 2.45) is 0 Å². The number of aliphatic carboxylic acids is 5. The second-order valence-corrected chi connectivity index (χ2v) is 18.0. The number of ether oxygens (including phenoxy) is 1. The summed E-state index contributed by atoms with van der Waals surface area (Å²) in [4.78, 5) is 118. The maximum Gasteiger partial charge on any atom is 0.407 e. The first kappa shape index (κ1) is 56.8. The molecule has 3 amide bonds. The third-order valence-electron chi connectivity index (χ3n) is 11.1. The van der Waals surface area contributed by atoms with Crippen LogP contribution in [0.1, 0.15) is 74.4 Å². The summed E-state index contributed by atoms with van der Waals surface area (Å²) >= 11 is 0. The van der Waals surface area contributed by atoms with E-state index in [0.29, 0.717) is 18.4 Å². The Morgan fingerprint density at radius 2 is 1.19 bits per heavy atom. The molecule has 22 heteroatoms. The lowest BCUT2D eigenvalue weighted by atomic mass is 9.98. The molecule has 2 aromatic rings. The number of carbonyl (C=O) groups excluding carboxylic acids is 4. The Hall–Kier alpha value is -6.49. The topological polar surface area (TPSA) is 313 Å². The molecule has 1 aliphatic rings. The predicted molar refractivity (Wildman–Crippen MR) is 249 cm³/mol. The number of amides is 3. The second-order valence-electron chi connectivity index (χ2n) is 18.0. The van der Waals surface area contributed by atoms with Gasteiger partial charge < -0.3 is 46.2 Å². The van der Waals surface area contributed by atoms with Crippen molar-refractivity contribution in [2.75, 3.05) is 78.5 Å². The fourth-order valence-electron chi connectivity index (χ4n) is 7.67. The molecule has 0 aromatic heterocycles. The van der Waals surface area contributed by atoms with Gasteiger partial charge in [0, 0.05) is 76.8 Å². The molecule has 0 bridgehead atoms. The van der Waals surface area contributed by atoms with Crippen molar-refractivity contribution in [3.8, 4) is 0 Å². The quantitative estimate of drug-likeness (QED) is 0.0646. The van der Waals surface area contributed by atoms with Gasteiger partial charge in [-0.25, -0.2) is 9.59 Å². The van der Waals surface area contributed by atoms with Gasteiger partial charge in [-0.3, -0.25) is 53.2 Å². The summed E-state index contributed by atoms with van der Waals surface area (Å²) in [6, 6.07) is 12.3. The van der Waals surface area contributed by atoms with E-state index in [9.17, 15) is 68.7 Å². The standard InChI is InChI=1S/C47H67N7O15/c1-47(2,3)69-46(68)48-18-8-7-11-36(45(66)67)49-39(56)17-16-38(55)37(26-32-9-5-4-6-10-32)50-44(65)34-14-12-33(13-15-34)25-35-27-53(30-42(61)62)22-21-51(28-40(57)58)19-20-52(29-41(59)60)23-24-54(35)31-43(63)64/h4-6,9-10,12-15,35-37H,7-8,11,16-31H2,1-3H3,(H,48,68)(H,49,56)(H,50,65)(H,57,58)(H,59,60)(H,61,62)(H,63,64)(H,66,67). The molecule has 380 valence electrons. The number of hydrogen-bond acceptors (Lipinski definition) is 14. The Morgan fingerprint density at radius 1 is 0.638 bits per heavy atom. The van der Waals surface area contributed by atoms with E-state index in [1.54, 1.807) is 82.8 Å². The van der Waals surface area contributed by atoms with Crippen molar-refractivity contribution in [3.63, 3.8) is 0 Å². The summed E-state index contributed by atoms with van der Waals surface area (Å²) in [5.41, 5.74) is 0.866. The zero-order valence-corrected chi connectivity index (χ0v) is 39.5. The lowest BCUT2D eigenvalue weighted by molar-refractivity contribution is -0.142. The molecule has 1 aliphatic heterocycles. The Labute approximate surface area is 400 Å².